The van der Waals surface area contributed by atoms with Gasteiger partial charge in [0.15, 0.2) is 6.10 Å². The number of carbonyl (C=O) groups excluding carboxylic acids is 1. The third-order valence-corrected chi connectivity index (χ3v) is 2.81. The summed E-state index contributed by atoms with van der Waals surface area (Å²) in [6.45, 7) is 0.625. The Hall–Kier alpha value is -1.88. The first-order valence-electron chi connectivity index (χ1n) is 5.61. The smallest absolute Gasteiger partial charge is 0.363 e. The van der Waals surface area contributed by atoms with Crippen molar-refractivity contribution in [2.24, 2.45) is 0 Å². The van der Waals surface area contributed by atoms with E-state index in [2.05, 4.69) is 5.10 Å². The topological polar surface area (TPSA) is 53.4 Å². The summed E-state index contributed by atoms with van der Waals surface area (Å²) >= 11 is 0. The van der Waals surface area contributed by atoms with E-state index in [-0.39, 0.29) is 5.97 Å². The van der Waals surface area contributed by atoms with E-state index in [9.17, 15) is 4.79 Å². The molecule has 1 aromatic carbocycles. The molecule has 17 heavy (non-hydrogen) atoms. The van der Waals surface area contributed by atoms with Gasteiger partial charge >= 0.3 is 5.97 Å². The van der Waals surface area contributed by atoms with E-state index in [0.717, 1.165) is 23.7 Å². The number of hydrogen-bond donors (Lipinski definition) is 0. The summed E-state index contributed by atoms with van der Waals surface area (Å²) in [7, 11) is 0. The molecule has 2 heterocycles. The second-order valence-electron chi connectivity index (χ2n) is 3.99. The SMILES string of the molecule is O=C(On1ncc2ccccc21)[C@@H]1CCCO1. The maximum absolute atomic E-state index is 11.7. The predicted molar refractivity (Wildman–Crippen MR) is 60.3 cm³/mol. The summed E-state index contributed by atoms with van der Waals surface area (Å²) in [5, 5.41) is 4.96. The molecule has 0 saturated carbocycles. The van der Waals surface area contributed by atoms with Crippen molar-refractivity contribution in [3.05, 3.63) is 30.5 Å². The van der Waals surface area contributed by atoms with Gasteiger partial charge in [-0.05, 0) is 18.9 Å². The van der Waals surface area contributed by atoms with Crippen molar-refractivity contribution in [2.75, 3.05) is 6.61 Å². The lowest BCUT2D eigenvalue weighted by molar-refractivity contribution is -0.155. The van der Waals surface area contributed by atoms with Crippen LogP contribution in [0.4, 0.5) is 0 Å². The summed E-state index contributed by atoms with van der Waals surface area (Å²) in [5.74, 6) is -0.378. The van der Waals surface area contributed by atoms with E-state index < -0.39 is 6.10 Å². The van der Waals surface area contributed by atoms with Crippen LogP contribution in [0.25, 0.3) is 10.9 Å². The standard InChI is InChI=1S/C12H12N2O3/c15-12(11-6-3-7-16-11)17-14-10-5-2-1-4-9(10)8-13-14/h1-2,4-5,8,11H,3,6-7H2/t11-/m0/s1. The molecule has 88 valence electrons. The van der Waals surface area contributed by atoms with Gasteiger partial charge in [0.25, 0.3) is 0 Å². The predicted octanol–water partition coefficient (Wildman–Crippen LogP) is 1.17. The van der Waals surface area contributed by atoms with E-state index in [0.29, 0.717) is 6.61 Å². The Morgan fingerprint density at radius 3 is 3.18 bits per heavy atom. The Balaban J connectivity index is 1.82. The Kier molecular flexibility index (Phi) is 2.53. The largest absolute Gasteiger partial charge is 0.366 e. The van der Waals surface area contributed by atoms with Gasteiger partial charge in [-0.15, -0.1) is 5.10 Å². The van der Waals surface area contributed by atoms with E-state index in [1.54, 1.807) is 6.20 Å². The fourth-order valence-electron chi connectivity index (χ4n) is 1.93. The first-order chi connectivity index (χ1) is 8.34. The highest BCUT2D eigenvalue weighted by atomic mass is 16.7. The molecule has 5 nitrogen and oxygen atoms in total. The zero-order valence-corrected chi connectivity index (χ0v) is 9.20. The molecule has 0 unspecified atom stereocenters. The lowest BCUT2D eigenvalue weighted by Gasteiger charge is -2.08. The van der Waals surface area contributed by atoms with Crippen LogP contribution in [0.15, 0.2) is 30.5 Å². The molecule has 2 aromatic rings. The molecule has 0 N–H and O–H groups in total. The molecule has 0 spiro atoms. The van der Waals surface area contributed by atoms with Gasteiger partial charge in [0.2, 0.25) is 0 Å². The van der Waals surface area contributed by atoms with Gasteiger partial charge in [-0.2, -0.15) is 0 Å². The monoisotopic (exact) mass is 232 g/mol. The van der Waals surface area contributed by atoms with Crippen molar-refractivity contribution >= 4 is 16.9 Å². The number of fused-ring (bicyclic) bond motifs is 1. The second-order valence-corrected chi connectivity index (χ2v) is 3.99. The van der Waals surface area contributed by atoms with Gasteiger partial charge in [0, 0.05) is 12.0 Å². The molecule has 0 aliphatic carbocycles. The molecule has 5 heteroatoms. The normalized spacial score (nSPS) is 19.6. The van der Waals surface area contributed by atoms with Gasteiger partial charge in [-0.3, -0.25) is 0 Å². The summed E-state index contributed by atoms with van der Waals surface area (Å²) in [6, 6.07) is 7.56. The van der Waals surface area contributed by atoms with E-state index >= 15 is 0 Å². The highest BCUT2D eigenvalue weighted by Gasteiger charge is 2.26. The number of benzene rings is 1. The minimum absolute atomic E-state index is 0.378. The van der Waals surface area contributed by atoms with Crippen LogP contribution < -0.4 is 4.84 Å². The van der Waals surface area contributed by atoms with Crippen LogP contribution in [0.5, 0.6) is 0 Å². The molecular weight excluding hydrogens is 220 g/mol. The maximum Gasteiger partial charge on any atom is 0.363 e. The molecule has 1 fully saturated rings. The maximum atomic E-state index is 11.7. The zero-order chi connectivity index (χ0) is 11.7. The van der Waals surface area contributed by atoms with Crippen LogP contribution in [-0.2, 0) is 9.53 Å². The van der Waals surface area contributed by atoms with Crippen molar-refractivity contribution in [3.8, 4) is 0 Å². The summed E-state index contributed by atoms with van der Waals surface area (Å²) < 4.78 is 5.26. The first kappa shape index (κ1) is 10.3. The van der Waals surface area contributed by atoms with Crippen molar-refractivity contribution < 1.29 is 14.4 Å². The lowest BCUT2D eigenvalue weighted by Crippen LogP contribution is -2.31. The first-order valence-corrected chi connectivity index (χ1v) is 5.61. The minimum atomic E-state index is -0.446. The van der Waals surface area contributed by atoms with Crippen LogP contribution >= 0.6 is 0 Å². The summed E-state index contributed by atoms with van der Waals surface area (Å²) in [6.07, 6.45) is 2.84. The van der Waals surface area contributed by atoms with Crippen molar-refractivity contribution in [2.45, 2.75) is 18.9 Å². The minimum Gasteiger partial charge on any atom is -0.366 e. The van der Waals surface area contributed by atoms with Crippen molar-refractivity contribution in [1.82, 2.24) is 9.94 Å². The molecule has 1 atom stereocenters. The molecule has 3 rings (SSSR count). The highest BCUT2D eigenvalue weighted by Crippen LogP contribution is 2.14. The number of aromatic nitrogens is 2. The Bertz CT molecular complexity index is 543. The Labute approximate surface area is 97.9 Å². The van der Waals surface area contributed by atoms with Gasteiger partial charge in [-0.25, -0.2) is 4.79 Å². The van der Waals surface area contributed by atoms with E-state index in [4.69, 9.17) is 9.57 Å². The van der Waals surface area contributed by atoms with Crippen molar-refractivity contribution in [3.63, 3.8) is 0 Å². The average Bonchev–Trinajstić information content (AvgIpc) is 2.98. The number of nitrogens with zero attached hydrogens (tertiary/aromatic N) is 2. The quantitative estimate of drug-likeness (QED) is 0.780. The Morgan fingerprint density at radius 1 is 1.47 bits per heavy atom. The highest BCUT2D eigenvalue weighted by molar-refractivity contribution is 5.80. The zero-order valence-electron chi connectivity index (χ0n) is 9.20. The molecule has 0 amide bonds. The van der Waals surface area contributed by atoms with Crippen LogP contribution in [0.3, 0.4) is 0 Å². The van der Waals surface area contributed by atoms with E-state index in [1.165, 1.54) is 4.85 Å². The fourth-order valence-corrected chi connectivity index (χ4v) is 1.93. The molecule has 1 aliphatic rings. The second kappa shape index (κ2) is 4.18. The number of rotatable bonds is 2. The molecule has 1 saturated heterocycles. The van der Waals surface area contributed by atoms with Crippen molar-refractivity contribution in [1.29, 1.82) is 0 Å². The molecule has 0 radical (unpaired) electrons. The molecule has 1 aromatic heterocycles. The number of hydrogen-bond acceptors (Lipinski definition) is 4. The number of para-hydroxylation sites is 1. The van der Waals surface area contributed by atoms with Gasteiger partial charge in [0.05, 0.1) is 6.20 Å². The van der Waals surface area contributed by atoms with Crippen LogP contribution in [-0.4, -0.2) is 28.6 Å². The van der Waals surface area contributed by atoms with E-state index in [1.807, 2.05) is 24.3 Å². The summed E-state index contributed by atoms with van der Waals surface area (Å²) in [5.41, 5.74) is 0.777. The molecule has 1 aliphatic heterocycles. The fraction of sp³-hybridized carbons (Fsp3) is 0.333. The van der Waals surface area contributed by atoms with Crippen LogP contribution in [0.2, 0.25) is 0 Å². The van der Waals surface area contributed by atoms with Crippen LogP contribution in [0.1, 0.15) is 12.8 Å². The van der Waals surface area contributed by atoms with Gasteiger partial charge in [-0.1, -0.05) is 23.0 Å². The van der Waals surface area contributed by atoms with Crippen LogP contribution in [0, 0.1) is 0 Å². The Morgan fingerprint density at radius 2 is 2.35 bits per heavy atom. The number of ether oxygens (including phenoxy) is 1. The summed E-state index contributed by atoms with van der Waals surface area (Å²) in [4.78, 5) is 18.2. The van der Waals surface area contributed by atoms with Gasteiger partial charge < -0.3 is 9.57 Å². The average molecular weight is 232 g/mol. The third-order valence-electron chi connectivity index (χ3n) is 2.81. The lowest BCUT2D eigenvalue weighted by atomic mass is 10.2. The molecule has 0 bridgehead atoms. The third kappa shape index (κ3) is 1.89. The number of carbonyl (C=O) groups is 1. The van der Waals surface area contributed by atoms with Gasteiger partial charge in [0.1, 0.15) is 5.52 Å². The molecular formula is C12H12N2O3.